The molecule has 0 saturated heterocycles. The Hall–Kier alpha value is -3.40. The van der Waals surface area contributed by atoms with Crippen LogP contribution in [0.5, 0.6) is 0 Å². The highest BCUT2D eigenvalue weighted by Crippen LogP contribution is 2.00. The van der Waals surface area contributed by atoms with E-state index in [9.17, 15) is 9.59 Å². The lowest BCUT2D eigenvalue weighted by Gasteiger charge is -1.92. The number of aromatic amines is 2. The molecule has 0 amide bonds. The topological polar surface area (TPSA) is 65.7 Å². The van der Waals surface area contributed by atoms with E-state index in [-0.39, 0.29) is 21.8 Å². The van der Waals surface area contributed by atoms with Crippen molar-refractivity contribution >= 4 is 18.2 Å². The first-order valence-corrected chi connectivity index (χ1v) is 7.55. The molecule has 1 heterocycles. The fourth-order valence-electron chi connectivity index (χ4n) is 2.25. The van der Waals surface area contributed by atoms with Crippen molar-refractivity contribution < 1.29 is 0 Å². The van der Waals surface area contributed by atoms with Gasteiger partial charge in [-0.1, -0.05) is 72.8 Å². The Morgan fingerprint density at radius 2 is 1.21 bits per heavy atom. The van der Waals surface area contributed by atoms with Crippen LogP contribution in [0.25, 0.3) is 18.2 Å². The second-order valence-corrected chi connectivity index (χ2v) is 5.23. The summed E-state index contributed by atoms with van der Waals surface area (Å²) < 4.78 is 0. The molecular weight excluding hydrogens is 300 g/mol. The molecule has 4 nitrogen and oxygen atoms in total. The second-order valence-electron chi connectivity index (χ2n) is 5.23. The molecule has 2 aromatic carbocycles. The van der Waals surface area contributed by atoms with E-state index in [2.05, 4.69) is 9.97 Å². The molecule has 0 aliphatic carbocycles. The standard InChI is InChI=1S/C20H16N2O2/c23-19-17(13-7-12-15-8-3-1-4-9-15)21-20(24)18(22-19)14-16-10-5-2-6-11-16/h1-14H,(H,21,24)(H,22,23)/b12-7+,17-13-,18-14-. The number of rotatable bonds is 3. The molecule has 3 rings (SSSR count). The van der Waals surface area contributed by atoms with Crippen LogP contribution in [-0.4, -0.2) is 9.97 Å². The average molecular weight is 316 g/mol. The molecule has 0 atom stereocenters. The van der Waals surface area contributed by atoms with Gasteiger partial charge >= 0.3 is 0 Å². The Kier molecular flexibility index (Phi) is 4.68. The van der Waals surface area contributed by atoms with Crippen LogP contribution in [0.15, 0.2) is 76.3 Å². The molecule has 0 radical (unpaired) electrons. The third kappa shape index (κ3) is 3.87. The lowest BCUT2D eigenvalue weighted by Crippen LogP contribution is -2.46. The minimum Gasteiger partial charge on any atom is -0.316 e. The number of allylic oxidation sites excluding steroid dienone is 1. The SMILES string of the molecule is O=c1[nH]/c(=C\c2ccccc2)c(=O)[nH]/c1=C\C=C\c1ccccc1. The number of aromatic nitrogens is 2. The van der Waals surface area contributed by atoms with E-state index in [1.165, 1.54) is 0 Å². The van der Waals surface area contributed by atoms with Crippen molar-refractivity contribution in [1.82, 2.24) is 9.97 Å². The molecule has 118 valence electrons. The predicted octanol–water partition coefficient (Wildman–Crippen LogP) is 1.39. The molecule has 2 N–H and O–H groups in total. The summed E-state index contributed by atoms with van der Waals surface area (Å²) >= 11 is 0. The first kappa shape index (κ1) is 15.5. The largest absolute Gasteiger partial charge is 0.316 e. The van der Waals surface area contributed by atoms with Crippen LogP contribution in [0.2, 0.25) is 0 Å². The van der Waals surface area contributed by atoms with Gasteiger partial charge in [-0.3, -0.25) is 9.59 Å². The van der Waals surface area contributed by atoms with Crippen LogP contribution in [0.4, 0.5) is 0 Å². The van der Waals surface area contributed by atoms with E-state index in [1.54, 1.807) is 18.2 Å². The monoisotopic (exact) mass is 316 g/mol. The molecule has 0 spiro atoms. The Morgan fingerprint density at radius 3 is 1.88 bits per heavy atom. The summed E-state index contributed by atoms with van der Waals surface area (Å²) in [5.41, 5.74) is 1.19. The molecule has 0 bridgehead atoms. The van der Waals surface area contributed by atoms with E-state index in [1.807, 2.05) is 66.7 Å². The highest BCUT2D eigenvalue weighted by atomic mass is 16.1. The summed E-state index contributed by atoms with van der Waals surface area (Å²) in [7, 11) is 0. The summed E-state index contributed by atoms with van der Waals surface area (Å²) in [6.07, 6.45) is 6.82. The van der Waals surface area contributed by atoms with E-state index in [4.69, 9.17) is 0 Å². The summed E-state index contributed by atoms with van der Waals surface area (Å²) in [5, 5.41) is 0.452. The van der Waals surface area contributed by atoms with E-state index >= 15 is 0 Å². The Bertz CT molecular complexity index is 1080. The molecule has 0 unspecified atom stereocenters. The van der Waals surface area contributed by atoms with Crippen molar-refractivity contribution in [2.75, 3.05) is 0 Å². The van der Waals surface area contributed by atoms with Gasteiger partial charge in [-0.15, -0.1) is 0 Å². The second kappa shape index (κ2) is 7.24. The van der Waals surface area contributed by atoms with E-state index in [0.717, 1.165) is 11.1 Å². The molecule has 1 aromatic heterocycles. The lowest BCUT2D eigenvalue weighted by molar-refractivity contribution is 1.00. The van der Waals surface area contributed by atoms with Crippen LogP contribution in [-0.2, 0) is 0 Å². The first-order valence-electron chi connectivity index (χ1n) is 7.55. The van der Waals surface area contributed by atoms with Crippen LogP contribution in [0, 0.1) is 0 Å². The lowest BCUT2D eigenvalue weighted by atomic mass is 10.2. The molecular formula is C20H16N2O2. The molecule has 3 aromatic rings. The van der Waals surface area contributed by atoms with E-state index < -0.39 is 0 Å². The van der Waals surface area contributed by atoms with Gasteiger partial charge in [0.25, 0.3) is 11.1 Å². The zero-order valence-electron chi connectivity index (χ0n) is 12.9. The molecule has 0 aliphatic rings. The number of hydrogen-bond acceptors (Lipinski definition) is 2. The highest BCUT2D eigenvalue weighted by molar-refractivity contribution is 5.56. The van der Waals surface area contributed by atoms with Gasteiger partial charge in [-0.05, 0) is 23.3 Å². The zero-order chi connectivity index (χ0) is 16.8. The number of hydrogen-bond donors (Lipinski definition) is 2. The Balaban J connectivity index is 1.98. The quantitative estimate of drug-likeness (QED) is 0.767. The third-order valence-electron chi connectivity index (χ3n) is 3.45. The Labute approximate surface area is 138 Å². The maximum atomic E-state index is 12.1. The molecule has 0 saturated carbocycles. The average Bonchev–Trinajstić information content (AvgIpc) is 2.61. The smallest absolute Gasteiger partial charge is 0.272 e. The van der Waals surface area contributed by atoms with Crippen molar-refractivity contribution in [3.63, 3.8) is 0 Å². The van der Waals surface area contributed by atoms with Gasteiger partial charge in [-0.25, -0.2) is 0 Å². The van der Waals surface area contributed by atoms with Crippen LogP contribution in [0.3, 0.4) is 0 Å². The normalized spacial score (nSPS) is 12.8. The van der Waals surface area contributed by atoms with Crippen LogP contribution >= 0.6 is 0 Å². The van der Waals surface area contributed by atoms with Gasteiger partial charge in [0.2, 0.25) is 0 Å². The Morgan fingerprint density at radius 1 is 0.667 bits per heavy atom. The number of benzene rings is 2. The third-order valence-corrected chi connectivity index (χ3v) is 3.45. The first-order chi connectivity index (χ1) is 11.7. The van der Waals surface area contributed by atoms with Gasteiger partial charge in [0.15, 0.2) is 0 Å². The fourth-order valence-corrected chi connectivity index (χ4v) is 2.25. The van der Waals surface area contributed by atoms with Gasteiger partial charge in [0.1, 0.15) is 10.7 Å². The summed E-state index contributed by atoms with van der Waals surface area (Å²) in [4.78, 5) is 29.5. The van der Waals surface area contributed by atoms with Crippen LogP contribution < -0.4 is 21.8 Å². The molecule has 24 heavy (non-hydrogen) atoms. The van der Waals surface area contributed by atoms with Gasteiger partial charge < -0.3 is 9.97 Å². The summed E-state index contributed by atoms with van der Waals surface area (Å²) in [6.45, 7) is 0. The van der Waals surface area contributed by atoms with E-state index in [0.29, 0.717) is 0 Å². The van der Waals surface area contributed by atoms with Gasteiger partial charge in [-0.2, -0.15) is 0 Å². The van der Waals surface area contributed by atoms with Crippen LogP contribution in [0.1, 0.15) is 11.1 Å². The minimum absolute atomic E-state index is 0.220. The van der Waals surface area contributed by atoms with Crippen molar-refractivity contribution in [2.24, 2.45) is 0 Å². The van der Waals surface area contributed by atoms with Crippen molar-refractivity contribution in [3.8, 4) is 0 Å². The minimum atomic E-state index is -0.338. The summed E-state index contributed by atoms with van der Waals surface area (Å²) in [5.74, 6) is 0. The molecule has 4 heteroatoms. The fraction of sp³-hybridized carbons (Fsp3) is 0. The van der Waals surface area contributed by atoms with Crippen molar-refractivity contribution in [2.45, 2.75) is 0 Å². The maximum Gasteiger partial charge on any atom is 0.272 e. The molecule has 0 aliphatic heterocycles. The number of nitrogens with one attached hydrogen (secondary N) is 2. The number of H-pyrrole nitrogens is 2. The summed E-state index contributed by atoms with van der Waals surface area (Å²) in [6, 6.07) is 19.1. The van der Waals surface area contributed by atoms with Gasteiger partial charge in [0.05, 0.1) is 0 Å². The zero-order valence-corrected chi connectivity index (χ0v) is 12.9. The highest BCUT2D eigenvalue weighted by Gasteiger charge is 1.95. The molecule has 0 fully saturated rings. The van der Waals surface area contributed by atoms with Gasteiger partial charge in [0, 0.05) is 0 Å². The maximum absolute atomic E-state index is 12.1. The predicted molar refractivity (Wildman–Crippen MR) is 96.9 cm³/mol. The van der Waals surface area contributed by atoms with Crippen molar-refractivity contribution in [1.29, 1.82) is 0 Å². The van der Waals surface area contributed by atoms with Crippen molar-refractivity contribution in [3.05, 3.63) is 109 Å².